The van der Waals surface area contributed by atoms with E-state index in [1.807, 2.05) is 39.8 Å². The highest BCUT2D eigenvalue weighted by atomic mass is 16.3. The Hall–Kier alpha value is -1.51. The molecule has 20 heavy (non-hydrogen) atoms. The van der Waals surface area contributed by atoms with Crippen molar-refractivity contribution in [2.45, 2.75) is 41.5 Å². The lowest BCUT2D eigenvalue weighted by atomic mass is 9.76. The number of carbonyl (C=O) groups excluding carboxylic acids is 1. The smallest absolute Gasteiger partial charge is 0.200 e. The van der Waals surface area contributed by atoms with Gasteiger partial charge in [-0.15, -0.1) is 0 Å². The molecule has 3 heteroatoms. The average molecular weight is 277 g/mol. The summed E-state index contributed by atoms with van der Waals surface area (Å²) >= 11 is 0. The second-order valence-corrected chi connectivity index (χ2v) is 6.25. The van der Waals surface area contributed by atoms with Gasteiger partial charge >= 0.3 is 0 Å². The Morgan fingerprint density at radius 3 is 1.95 bits per heavy atom. The number of rotatable bonds is 4. The van der Waals surface area contributed by atoms with E-state index < -0.39 is 0 Å². The van der Waals surface area contributed by atoms with Gasteiger partial charge in [0.2, 0.25) is 5.78 Å². The lowest BCUT2D eigenvalue weighted by Gasteiger charge is -2.29. The maximum atomic E-state index is 12.4. The van der Waals surface area contributed by atoms with Crippen molar-refractivity contribution in [2.75, 3.05) is 14.1 Å². The molecule has 3 nitrogen and oxygen atoms in total. The molecule has 0 saturated heterocycles. The van der Waals surface area contributed by atoms with Crippen LogP contribution < -0.4 is 0 Å². The van der Waals surface area contributed by atoms with Crippen LogP contribution in [0.25, 0.3) is 0 Å². The molecule has 0 radical (unpaired) electrons. The van der Waals surface area contributed by atoms with E-state index in [9.17, 15) is 9.90 Å². The third-order valence-electron chi connectivity index (χ3n) is 4.59. The zero-order valence-corrected chi connectivity index (χ0v) is 14.0. The highest BCUT2D eigenvalue weighted by Gasteiger charge is 2.37. The summed E-state index contributed by atoms with van der Waals surface area (Å²) in [6.07, 6.45) is 0. The van der Waals surface area contributed by atoms with E-state index in [1.54, 1.807) is 0 Å². The van der Waals surface area contributed by atoms with Gasteiger partial charge in [-0.3, -0.25) is 4.79 Å². The van der Waals surface area contributed by atoms with Crippen LogP contribution in [-0.4, -0.2) is 29.9 Å². The van der Waals surface area contributed by atoms with Crippen molar-refractivity contribution in [1.82, 2.24) is 4.90 Å². The largest absolute Gasteiger partial charge is 0.506 e. The van der Waals surface area contributed by atoms with Gasteiger partial charge < -0.3 is 10.0 Å². The van der Waals surface area contributed by atoms with Gasteiger partial charge in [0.25, 0.3) is 0 Å². The van der Waals surface area contributed by atoms with Gasteiger partial charge in [0.15, 0.2) is 0 Å². The van der Waals surface area contributed by atoms with E-state index in [2.05, 4.69) is 20.8 Å². The van der Waals surface area contributed by atoms with Crippen molar-refractivity contribution in [1.29, 1.82) is 0 Å². The number of allylic oxidation sites excluding steroid dienone is 5. The molecule has 1 N–H and O–H groups in total. The van der Waals surface area contributed by atoms with Gasteiger partial charge in [0.05, 0.1) is 11.1 Å². The summed E-state index contributed by atoms with van der Waals surface area (Å²) in [6, 6.07) is 0. The number of aliphatic hydroxyl groups is 1. The van der Waals surface area contributed by atoms with Crippen LogP contribution in [0.3, 0.4) is 0 Å². The fourth-order valence-corrected chi connectivity index (χ4v) is 2.36. The predicted octanol–water partition coefficient (Wildman–Crippen LogP) is 3.85. The van der Waals surface area contributed by atoms with Crippen LogP contribution >= 0.6 is 0 Å². The molecule has 0 amide bonds. The molecule has 0 bridgehead atoms. The van der Waals surface area contributed by atoms with Crippen molar-refractivity contribution in [3.05, 3.63) is 33.7 Å². The fourth-order valence-electron chi connectivity index (χ4n) is 2.36. The number of carbonyl (C=O) groups is 1. The summed E-state index contributed by atoms with van der Waals surface area (Å²) in [7, 11) is 3.87. The highest BCUT2D eigenvalue weighted by molar-refractivity contribution is 6.22. The Morgan fingerprint density at radius 2 is 1.60 bits per heavy atom. The lowest BCUT2D eigenvalue weighted by molar-refractivity contribution is -0.113. The van der Waals surface area contributed by atoms with Crippen LogP contribution in [0, 0.1) is 11.8 Å². The van der Waals surface area contributed by atoms with Crippen LogP contribution in [0.4, 0.5) is 0 Å². The first-order valence-corrected chi connectivity index (χ1v) is 7.15. The molecular formula is C17H27NO2. The molecule has 0 aliphatic heterocycles. The standard InChI is InChI=1S/C17H27NO2/c1-9(2)10(3)11(4)14-16(19)15(17(14)20)12(5)13(6)18(7)8/h9-10,19H,1-8H3/b13-12-,14-11-. The Labute approximate surface area is 122 Å². The minimum atomic E-state index is -0.0220. The first-order chi connectivity index (χ1) is 9.11. The van der Waals surface area contributed by atoms with E-state index in [4.69, 9.17) is 0 Å². The van der Waals surface area contributed by atoms with Gasteiger partial charge in [-0.2, -0.15) is 0 Å². The molecule has 1 unspecified atom stereocenters. The molecule has 0 saturated carbocycles. The monoisotopic (exact) mass is 277 g/mol. The van der Waals surface area contributed by atoms with Crippen LogP contribution in [0.1, 0.15) is 41.5 Å². The van der Waals surface area contributed by atoms with E-state index in [0.717, 1.165) is 16.8 Å². The Morgan fingerprint density at radius 1 is 1.10 bits per heavy atom. The third kappa shape index (κ3) is 2.67. The molecule has 0 heterocycles. The number of nitrogens with zero attached hydrogens (tertiary/aromatic N) is 1. The molecule has 0 aromatic carbocycles. The SMILES string of the molecule is C/C(C1=C(O)/C(=C(\C)C(C)C(C)C)C1=O)=C(\C)N(C)C. The third-order valence-corrected chi connectivity index (χ3v) is 4.59. The Bertz CT molecular complexity index is 519. The number of Topliss-reactive ketones (excluding diaryl/α,β-unsaturated/α-hetero) is 1. The summed E-state index contributed by atoms with van der Waals surface area (Å²) < 4.78 is 0. The summed E-state index contributed by atoms with van der Waals surface area (Å²) in [4.78, 5) is 14.3. The maximum absolute atomic E-state index is 12.4. The van der Waals surface area contributed by atoms with Crippen molar-refractivity contribution >= 4 is 5.78 Å². The molecule has 1 rings (SSSR count). The van der Waals surface area contributed by atoms with Gasteiger partial charge in [-0.05, 0) is 38.2 Å². The molecule has 0 fully saturated rings. The second kappa shape index (κ2) is 5.86. The van der Waals surface area contributed by atoms with Crippen LogP contribution in [0.15, 0.2) is 33.7 Å². The van der Waals surface area contributed by atoms with Gasteiger partial charge in [-0.1, -0.05) is 26.3 Å². The van der Waals surface area contributed by atoms with Crippen molar-refractivity contribution < 1.29 is 9.90 Å². The molecule has 112 valence electrons. The first-order valence-electron chi connectivity index (χ1n) is 7.15. The predicted molar refractivity (Wildman–Crippen MR) is 83.4 cm³/mol. The van der Waals surface area contributed by atoms with E-state index >= 15 is 0 Å². The zero-order valence-electron chi connectivity index (χ0n) is 14.0. The topological polar surface area (TPSA) is 40.5 Å². The quantitative estimate of drug-likeness (QED) is 0.794. The van der Waals surface area contributed by atoms with Crippen LogP contribution in [-0.2, 0) is 4.79 Å². The normalized spacial score (nSPS) is 20.8. The maximum Gasteiger partial charge on any atom is 0.200 e. The molecule has 0 spiro atoms. The lowest BCUT2D eigenvalue weighted by Crippen LogP contribution is -2.28. The number of ketones is 1. The minimum absolute atomic E-state index is 0.0220. The van der Waals surface area contributed by atoms with Crippen molar-refractivity contribution in [3.8, 4) is 0 Å². The minimum Gasteiger partial charge on any atom is -0.506 e. The van der Waals surface area contributed by atoms with E-state index in [-0.39, 0.29) is 17.5 Å². The van der Waals surface area contributed by atoms with Crippen molar-refractivity contribution in [2.24, 2.45) is 11.8 Å². The molecular weight excluding hydrogens is 250 g/mol. The van der Waals surface area contributed by atoms with Gasteiger partial charge in [0.1, 0.15) is 5.76 Å². The number of hydrogen-bond donors (Lipinski definition) is 1. The van der Waals surface area contributed by atoms with Crippen LogP contribution in [0.2, 0.25) is 0 Å². The van der Waals surface area contributed by atoms with E-state index in [1.165, 1.54) is 0 Å². The molecule has 1 atom stereocenters. The highest BCUT2D eigenvalue weighted by Crippen LogP contribution is 2.39. The van der Waals surface area contributed by atoms with E-state index in [0.29, 0.717) is 17.1 Å². The molecule has 0 aromatic heterocycles. The molecule has 1 aliphatic carbocycles. The summed E-state index contributed by atoms with van der Waals surface area (Å²) in [6.45, 7) is 12.1. The average Bonchev–Trinajstić information content (AvgIpc) is 2.36. The molecule has 0 aromatic rings. The van der Waals surface area contributed by atoms with Gasteiger partial charge in [-0.25, -0.2) is 0 Å². The fraction of sp³-hybridized carbons (Fsp3) is 0.588. The number of aliphatic hydroxyl groups excluding tert-OH is 1. The number of hydrogen-bond acceptors (Lipinski definition) is 3. The Kier molecular flexibility index (Phi) is 4.85. The summed E-state index contributed by atoms with van der Waals surface area (Å²) in [5.41, 5.74) is 3.83. The Balaban J connectivity index is 3.28. The second-order valence-electron chi connectivity index (χ2n) is 6.25. The van der Waals surface area contributed by atoms with Gasteiger partial charge in [0, 0.05) is 19.8 Å². The van der Waals surface area contributed by atoms with Crippen molar-refractivity contribution in [3.63, 3.8) is 0 Å². The summed E-state index contributed by atoms with van der Waals surface area (Å²) in [5.74, 6) is 0.883. The van der Waals surface area contributed by atoms with Crippen LogP contribution in [0.5, 0.6) is 0 Å². The first kappa shape index (κ1) is 16.5. The summed E-state index contributed by atoms with van der Waals surface area (Å²) in [5, 5.41) is 10.3. The molecule has 1 aliphatic rings. The zero-order chi connectivity index (χ0) is 15.8.